The Kier molecular flexibility index (Phi) is 3.79. The Morgan fingerprint density at radius 2 is 1.92 bits per heavy atom. The molecule has 124 valence electrons. The van der Waals surface area contributed by atoms with Crippen molar-refractivity contribution in [1.82, 2.24) is 4.57 Å². The van der Waals surface area contributed by atoms with Crippen LogP contribution in [0.4, 0.5) is 5.69 Å². The number of hydrogen-bond donors (Lipinski definition) is 0. The minimum Gasteiger partial charge on any atom is -0.302 e. The minimum atomic E-state index is -1.30. The Balaban J connectivity index is 2.57. The van der Waals surface area contributed by atoms with Crippen molar-refractivity contribution in [2.75, 3.05) is 0 Å². The van der Waals surface area contributed by atoms with Crippen molar-refractivity contribution in [2.45, 2.75) is 39.2 Å². The van der Waals surface area contributed by atoms with Gasteiger partial charge in [-0.05, 0) is 32.3 Å². The molecule has 0 spiro atoms. The first kappa shape index (κ1) is 16.0. The lowest BCUT2D eigenvalue weighted by atomic mass is 9.86. The van der Waals surface area contributed by atoms with E-state index in [-0.39, 0.29) is 5.56 Å². The Labute approximate surface area is 137 Å². The lowest BCUT2D eigenvalue weighted by Gasteiger charge is -2.22. The number of nitro groups is 1. The third-order valence-electron chi connectivity index (χ3n) is 4.49. The molecular weight excluding hydrogens is 312 g/mol. The van der Waals surface area contributed by atoms with E-state index in [4.69, 9.17) is 0 Å². The Bertz CT molecular complexity index is 944. The van der Waals surface area contributed by atoms with Gasteiger partial charge >= 0.3 is 11.2 Å². The average molecular weight is 328 g/mol. The largest absolute Gasteiger partial charge is 0.339 e. The van der Waals surface area contributed by atoms with E-state index in [0.717, 1.165) is 12.0 Å². The summed E-state index contributed by atoms with van der Waals surface area (Å²) < 4.78 is 1.40. The molecule has 7 nitrogen and oxygen atoms in total. The summed E-state index contributed by atoms with van der Waals surface area (Å²) in [4.78, 5) is 47.5. The summed E-state index contributed by atoms with van der Waals surface area (Å²) in [5.74, 6) is -2.32. The number of carbonyl (C=O) groups is 2. The second-order valence-corrected chi connectivity index (χ2v) is 6.05. The molecule has 1 aromatic heterocycles. The van der Waals surface area contributed by atoms with Crippen LogP contribution >= 0.6 is 0 Å². The topological polar surface area (TPSA) is 99.3 Å². The number of aryl methyl sites for hydroxylation is 2. The highest BCUT2D eigenvalue weighted by atomic mass is 16.6. The lowest BCUT2D eigenvalue weighted by molar-refractivity contribution is -0.387. The number of hydrogen-bond acceptors (Lipinski definition) is 5. The number of nitrogens with zero attached hydrogens (tertiary/aromatic N) is 2. The van der Waals surface area contributed by atoms with Crippen LogP contribution in [0.15, 0.2) is 23.0 Å². The third-order valence-corrected chi connectivity index (χ3v) is 4.49. The van der Waals surface area contributed by atoms with Crippen LogP contribution in [-0.2, 0) is 22.6 Å². The zero-order chi connectivity index (χ0) is 17.6. The van der Waals surface area contributed by atoms with Crippen molar-refractivity contribution >= 4 is 28.2 Å². The zero-order valence-corrected chi connectivity index (χ0v) is 13.4. The van der Waals surface area contributed by atoms with Gasteiger partial charge in [-0.1, -0.05) is 18.2 Å². The summed E-state index contributed by atoms with van der Waals surface area (Å²) in [6, 6.07) is 5.24. The monoisotopic (exact) mass is 328 g/mol. The van der Waals surface area contributed by atoms with E-state index in [1.165, 1.54) is 18.4 Å². The molecule has 0 saturated carbocycles. The van der Waals surface area contributed by atoms with Gasteiger partial charge in [0.15, 0.2) is 0 Å². The molecule has 1 aromatic carbocycles. The summed E-state index contributed by atoms with van der Waals surface area (Å²) in [5, 5.41) is 12.0. The van der Waals surface area contributed by atoms with E-state index in [1.54, 1.807) is 12.1 Å². The average Bonchev–Trinajstić information content (AvgIpc) is 2.51. The molecule has 7 heteroatoms. The second kappa shape index (κ2) is 5.67. The van der Waals surface area contributed by atoms with Crippen molar-refractivity contribution in [3.63, 3.8) is 0 Å². The normalized spacial score (nSPS) is 13.3. The number of benzene rings is 1. The third kappa shape index (κ3) is 2.24. The van der Waals surface area contributed by atoms with Crippen LogP contribution in [0.2, 0.25) is 0 Å². The van der Waals surface area contributed by atoms with Crippen molar-refractivity contribution in [1.29, 1.82) is 0 Å². The molecule has 2 aromatic rings. The maximum Gasteiger partial charge on any atom is 0.339 e. The van der Waals surface area contributed by atoms with E-state index < -0.39 is 33.7 Å². The molecular formula is C17H16N2O5. The molecule has 0 atom stereocenters. The Morgan fingerprint density at radius 1 is 1.25 bits per heavy atom. The molecule has 0 aliphatic carbocycles. The number of aromatic nitrogens is 1. The van der Waals surface area contributed by atoms with Crippen molar-refractivity contribution in [3.05, 3.63) is 49.8 Å². The van der Waals surface area contributed by atoms with Gasteiger partial charge in [0.2, 0.25) is 0 Å². The lowest BCUT2D eigenvalue weighted by Crippen LogP contribution is -2.30. The van der Waals surface area contributed by atoms with Gasteiger partial charge in [-0.15, -0.1) is 0 Å². The van der Waals surface area contributed by atoms with Gasteiger partial charge in [0, 0.05) is 11.9 Å². The van der Waals surface area contributed by atoms with Gasteiger partial charge in [0.25, 0.3) is 0 Å². The zero-order valence-electron chi connectivity index (χ0n) is 13.4. The standard InChI is InChI=1S/C17H16N2O5/c1-9(20)13(10(2)21)14-12-7-3-5-11-6-4-8-18(15(11)12)17(22)16(14)19(23)24/h3,5,7,13H,4,6,8H2,1-2H3. The molecule has 2 heterocycles. The van der Waals surface area contributed by atoms with Gasteiger partial charge in [0.1, 0.15) is 17.5 Å². The molecule has 24 heavy (non-hydrogen) atoms. The maximum absolute atomic E-state index is 12.7. The first-order valence-electron chi connectivity index (χ1n) is 7.68. The quantitative estimate of drug-likeness (QED) is 0.486. The Morgan fingerprint density at radius 3 is 2.50 bits per heavy atom. The van der Waals surface area contributed by atoms with Crippen LogP contribution in [-0.4, -0.2) is 21.1 Å². The second-order valence-electron chi connectivity index (χ2n) is 6.05. The van der Waals surface area contributed by atoms with Gasteiger partial charge < -0.3 is 4.57 Å². The predicted molar refractivity (Wildman–Crippen MR) is 87.3 cm³/mol. The highest BCUT2D eigenvalue weighted by Crippen LogP contribution is 2.35. The van der Waals surface area contributed by atoms with Gasteiger partial charge in [-0.2, -0.15) is 0 Å². The number of carbonyl (C=O) groups excluding carboxylic acids is 2. The van der Waals surface area contributed by atoms with E-state index in [1.807, 2.05) is 6.07 Å². The van der Waals surface area contributed by atoms with E-state index in [9.17, 15) is 24.5 Å². The van der Waals surface area contributed by atoms with E-state index in [0.29, 0.717) is 23.9 Å². The fourth-order valence-electron chi connectivity index (χ4n) is 3.60. The summed E-state index contributed by atoms with van der Waals surface area (Å²) in [6.07, 6.45) is 1.46. The molecule has 1 aliphatic rings. The summed E-state index contributed by atoms with van der Waals surface area (Å²) >= 11 is 0. The van der Waals surface area contributed by atoms with Gasteiger partial charge in [-0.25, -0.2) is 0 Å². The smallest absolute Gasteiger partial charge is 0.302 e. The fraction of sp³-hybridized carbons (Fsp3) is 0.353. The maximum atomic E-state index is 12.7. The van der Waals surface area contributed by atoms with E-state index >= 15 is 0 Å². The highest BCUT2D eigenvalue weighted by molar-refractivity contribution is 6.10. The van der Waals surface area contributed by atoms with Crippen LogP contribution < -0.4 is 5.56 Å². The number of pyridine rings is 1. The molecule has 0 radical (unpaired) electrons. The molecule has 0 fully saturated rings. The molecule has 0 N–H and O–H groups in total. The summed E-state index contributed by atoms with van der Waals surface area (Å²) in [7, 11) is 0. The SMILES string of the molecule is CC(=O)C(C(C)=O)c1c([N+](=O)[O-])c(=O)n2c3c(cccc13)CCC2. The predicted octanol–water partition coefficient (Wildman–Crippen LogP) is 2.12. The number of rotatable bonds is 4. The number of ketones is 2. The van der Waals surface area contributed by atoms with Gasteiger partial charge in [0.05, 0.1) is 16.0 Å². The highest BCUT2D eigenvalue weighted by Gasteiger charge is 2.36. The molecule has 3 rings (SSSR count). The summed E-state index contributed by atoms with van der Waals surface area (Å²) in [5.41, 5.74) is 0.0128. The first-order chi connectivity index (χ1) is 11.3. The number of para-hydroxylation sites is 1. The molecule has 0 amide bonds. The van der Waals surface area contributed by atoms with Crippen LogP contribution in [0.5, 0.6) is 0 Å². The number of Topliss-reactive ketones (excluding diaryl/α,β-unsaturated/α-hetero) is 2. The molecule has 0 bridgehead atoms. The molecule has 0 saturated heterocycles. The molecule has 0 unspecified atom stereocenters. The first-order valence-corrected chi connectivity index (χ1v) is 7.68. The Hall–Kier alpha value is -2.83. The van der Waals surface area contributed by atoms with Crippen molar-refractivity contribution in [2.24, 2.45) is 0 Å². The summed E-state index contributed by atoms with van der Waals surface area (Å²) in [6.45, 7) is 2.81. The van der Waals surface area contributed by atoms with Crippen LogP contribution in [0, 0.1) is 10.1 Å². The van der Waals surface area contributed by atoms with Crippen LogP contribution in [0.3, 0.4) is 0 Å². The minimum absolute atomic E-state index is 0.0694. The molecule has 1 aliphatic heterocycles. The van der Waals surface area contributed by atoms with Crippen LogP contribution in [0.1, 0.15) is 37.3 Å². The van der Waals surface area contributed by atoms with Gasteiger partial charge in [-0.3, -0.25) is 24.5 Å². The fourth-order valence-corrected chi connectivity index (χ4v) is 3.60. The van der Waals surface area contributed by atoms with E-state index in [2.05, 4.69) is 0 Å². The van der Waals surface area contributed by atoms with Crippen molar-refractivity contribution in [3.8, 4) is 0 Å². The van der Waals surface area contributed by atoms with Crippen LogP contribution in [0.25, 0.3) is 10.9 Å². The van der Waals surface area contributed by atoms with Crippen molar-refractivity contribution < 1.29 is 14.5 Å².